The molecule has 3 nitrogen and oxygen atoms in total. The van der Waals surface area contributed by atoms with Gasteiger partial charge in [0.05, 0.1) is 24.8 Å². The van der Waals surface area contributed by atoms with Gasteiger partial charge in [0, 0.05) is 0 Å². The van der Waals surface area contributed by atoms with Gasteiger partial charge >= 0.3 is 0 Å². The lowest BCUT2D eigenvalue weighted by atomic mass is 10.3. The Morgan fingerprint density at radius 1 is 1.07 bits per heavy atom. The summed E-state index contributed by atoms with van der Waals surface area (Å²) in [5, 5.41) is 0. The van der Waals surface area contributed by atoms with Gasteiger partial charge in [-0.05, 0) is 41.9 Å². The van der Waals surface area contributed by atoms with E-state index in [4.69, 9.17) is 14.2 Å². The minimum absolute atomic E-state index is 0.0714. The van der Waals surface area contributed by atoms with Crippen molar-refractivity contribution >= 4 is 15.9 Å². The Hall–Kier alpha value is -0.900. The molecule has 1 aromatic rings. The summed E-state index contributed by atoms with van der Waals surface area (Å²) in [5.74, 6) is 1.95. The number of hydrogen-bond acceptors (Lipinski definition) is 3. The van der Waals surface area contributed by atoms with E-state index >= 15 is 0 Å². The predicted octanol–water partition coefficient (Wildman–Crippen LogP) is 3.25. The van der Waals surface area contributed by atoms with E-state index in [-0.39, 0.29) is 6.10 Å². The highest BCUT2D eigenvalue weighted by Crippen LogP contribution is 2.42. The first-order valence-electron chi connectivity index (χ1n) is 4.67. The van der Waals surface area contributed by atoms with E-state index in [1.54, 1.807) is 14.2 Å². The summed E-state index contributed by atoms with van der Waals surface area (Å²) in [4.78, 5) is 0. The fourth-order valence-electron chi connectivity index (χ4n) is 1.22. The first-order chi connectivity index (χ1) is 7.10. The van der Waals surface area contributed by atoms with Crippen molar-refractivity contribution in [3.8, 4) is 17.2 Å². The van der Waals surface area contributed by atoms with Gasteiger partial charge in [-0.2, -0.15) is 0 Å². The summed E-state index contributed by atoms with van der Waals surface area (Å²) in [6, 6.07) is 3.70. The standard InChI is InChI=1S/C11H15BrO3/c1-7(2)15-11-9(13-3)6-5-8(12)10(11)14-4/h5-7H,1-4H3. The fourth-order valence-corrected chi connectivity index (χ4v) is 1.69. The molecule has 0 radical (unpaired) electrons. The number of halogens is 1. The smallest absolute Gasteiger partial charge is 0.204 e. The maximum Gasteiger partial charge on any atom is 0.204 e. The third kappa shape index (κ3) is 2.78. The Morgan fingerprint density at radius 3 is 2.20 bits per heavy atom. The van der Waals surface area contributed by atoms with Crippen molar-refractivity contribution in [2.24, 2.45) is 0 Å². The number of rotatable bonds is 4. The largest absolute Gasteiger partial charge is 0.493 e. The number of methoxy groups -OCH3 is 2. The second-order valence-electron chi connectivity index (χ2n) is 3.28. The van der Waals surface area contributed by atoms with Gasteiger partial charge in [0.25, 0.3) is 0 Å². The van der Waals surface area contributed by atoms with Crippen LogP contribution < -0.4 is 14.2 Å². The zero-order chi connectivity index (χ0) is 11.4. The topological polar surface area (TPSA) is 27.7 Å². The van der Waals surface area contributed by atoms with Crippen LogP contribution >= 0.6 is 15.9 Å². The van der Waals surface area contributed by atoms with Gasteiger partial charge in [-0.1, -0.05) is 0 Å². The molecular weight excluding hydrogens is 260 g/mol. The molecule has 1 aromatic carbocycles. The molecule has 4 heteroatoms. The van der Waals surface area contributed by atoms with Gasteiger partial charge < -0.3 is 14.2 Å². The Bertz CT molecular complexity index is 337. The number of hydrogen-bond donors (Lipinski definition) is 0. The SMILES string of the molecule is COc1ccc(Br)c(OC)c1OC(C)C. The molecule has 0 amide bonds. The molecule has 0 N–H and O–H groups in total. The summed E-state index contributed by atoms with van der Waals surface area (Å²) in [6.07, 6.45) is 0.0714. The molecule has 84 valence electrons. The van der Waals surface area contributed by atoms with Crippen molar-refractivity contribution in [2.45, 2.75) is 20.0 Å². The average molecular weight is 275 g/mol. The second kappa shape index (κ2) is 5.26. The van der Waals surface area contributed by atoms with Crippen LogP contribution in [0.4, 0.5) is 0 Å². The second-order valence-corrected chi connectivity index (χ2v) is 4.13. The predicted molar refractivity (Wildman–Crippen MR) is 63.0 cm³/mol. The van der Waals surface area contributed by atoms with Crippen LogP contribution in [0.3, 0.4) is 0 Å². The molecule has 0 bridgehead atoms. The van der Waals surface area contributed by atoms with Crippen LogP contribution in [0.2, 0.25) is 0 Å². The minimum Gasteiger partial charge on any atom is -0.493 e. The molecule has 0 heterocycles. The van der Waals surface area contributed by atoms with Gasteiger partial charge in [-0.15, -0.1) is 0 Å². The zero-order valence-electron chi connectivity index (χ0n) is 9.33. The van der Waals surface area contributed by atoms with Crippen molar-refractivity contribution in [2.75, 3.05) is 14.2 Å². The molecule has 0 aliphatic rings. The van der Waals surface area contributed by atoms with Crippen molar-refractivity contribution in [3.05, 3.63) is 16.6 Å². The third-order valence-electron chi connectivity index (χ3n) is 1.81. The van der Waals surface area contributed by atoms with Crippen LogP contribution in [0, 0.1) is 0 Å². The van der Waals surface area contributed by atoms with Crippen LogP contribution in [0.15, 0.2) is 16.6 Å². The summed E-state index contributed by atoms with van der Waals surface area (Å²) in [5.41, 5.74) is 0. The summed E-state index contributed by atoms with van der Waals surface area (Å²) < 4.78 is 17.0. The van der Waals surface area contributed by atoms with Crippen molar-refractivity contribution in [1.29, 1.82) is 0 Å². The molecule has 0 saturated carbocycles. The maximum absolute atomic E-state index is 5.66. The van der Waals surface area contributed by atoms with E-state index in [0.717, 1.165) is 4.47 Å². The van der Waals surface area contributed by atoms with Crippen LogP contribution in [0.25, 0.3) is 0 Å². The Balaban J connectivity index is 3.21. The molecule has 0 atom stereocenters. The first-order valence-corrected chi connectivity index (χ1v) is 5.46. The molecule has 0 unspecified atom stereocenters. The highest BCUT2D eigenvalue weighted by molar-refractivity contribution is 9.10. The normalized spacial score (nSPS) is 10.3. The lowest BCUT2D eigenvalue weighted by Gasteiger charge is -2.17. The molecule has 0 aliphatic heterocycles. The van der Waals surface area contributed by atoms with E-state index in [2.05, 4.69) is 15.9 Å². The molecular formula is C11H15BrO3. The lowest BCUT2D eigenvalue weighted by Crippen LogP contribution is -2.08. The van der Waals surface area contributed by atoms with Crippen LogP contribution in [0.5, 0.6) is 17.2 Å². The lowest BCUT2D eigenvalue weighted by molar-refractivity contribution is 0.218. The summed E-state index contributed by atoms with van der Waals surface area (Å²) in [6.45, 7) is 3.92. The molecule has 0 aliphatic carbocycles. The summed E-state index contributed by atoms with van der Waals surface area (Å²) >= 11 is 3.40. The van der Waals surface area contributed by atoms with E-state index in [0.29, 0.717) is 17.2 Å². The van der Waals surface area contributed by atoms with Crippen LogP contribution in [-0.2, 0) is 0 Å². The first kappa shape index (κ1) is 12.2. The van der Waals surface area contributed by atoms with Gasteiger partial charge in [-0.3, -0.25) is 0 Å². The van der Waals surface area contributed by atoms with Crippen molar-refractivity contribution in [1.82, 2.24) is 0 Å². The molecule has 0 aromatic heterocycles. The molecule has 15 heavy (non-hydrogen) atoms. The molecule has 0 spiro atoms. The van der Waals surface area contributed by atoms with Gasteiger partial charge in [-0.25, -0.2) is 0 Å². The molecule has 1 rings (SSSR count). The van der Waals surface area contributed by atoms with Crippen molar-refractivity contribution < 1.29 is 14.2 Å². The van der Waals surface area contributed by atoms with E-state index in [9.17, 15) is 0 Å². The molecule has 0 saturated heterocycles. The Labute approximate surface area is 98.5 Å². The van der Waals surface area contributed by atoms with Gasteiger partial charge in [0.1, 0.15) is 0 Å². The maximum atomic E-state index is 5.66. The highest BCUT2D eigenvalue weighted by atomic mass is 79.9. The van der Waals surface area contributed by atoms with Gasteiger partial charge in [0.15, 0.2) is 11.5 Å². The third-order valence-corrected chi connectivity index (χ3v) is 2.43. The van der Waals surface area contributed by atoms with E-state index < -0.39 is 0 Å². The fraction of sp³-hybridized carbons (Fsp3) is 0.455. The minimum atomic E-state index is 0.0714. The highest BCUT2D eigenvalue weighted by Gasteiger charge is 2.16. The van der Waals surface area contributed by atoms with E-state index in [1.165, 1.54) is 0 Å². The van der Waals surface area contributed by atoms with Crippen LogP contribution in [0.1, 0.15) is 13.8 Å². The Kier molecular flexibility index (Phi) is 4.27. The van der Waals surface area contributed by atoms with E-state index in [1.807, 2.05) is 26.0 Å². The van der Waals surface area contributed by atoms with Crippen molar-refractivity contribution in [3.63, 3.8) is 0 Å². The number of ether oxygens (including phenoxy) is 3. The zero-order valence-corrected chi connectivity index (χ0v) is 10.9. The quantitative estimate of drug-likeness (QED) is 0.844. The molecule has 0 fully saturated rings. The average Bonchev–Trinajstić information content (AvgIpc) is 2.18. The van der Waals surface area contributed by atoms with Gasteiger partial charge in [0.2, 0.25) is 5.75 Å². The number of benzene rings is 1. The summed E-state index contributed by atoms with van der Waals surface area (Å²) in [7, 11) is 3.21. The Morgan fingerprint density at radius 2 is 1.73 bits per heavy atom. The van der Waals surface area contributed by atoms with Crippen LogP contribution in [-0.4, -0.2) is 20.3 Å². The monoisotopic (exact) mass is 274 g/mol.